The van der Waals surface area contributed by atoms with Gasteiger partial charge in [0, 0.05) is 25.5 Å². The number of carbonyl (C=O) groups excluding carboxylic acids is 1. The van der Waals surface area contributed by atoms with E-state index in [2.05, 4.69) is 20.6 Å². The van der Waals surface area contributed by atoms with Gasteiger partial charge in [0.2, 0.25) is 0 Å². The zero-order valence-corrected chi connectivity index (χ0v) is 12.2. The van der Waals surface area contributed by atoms with E-state index in [-0.39, 0.29) is 12.0 Å². The Morgan fingerprint density at radius 1 is 1.27 bits per heavy atom. The minimum atomic E-state index is -0.341. The zero-order chi connectivity index (χ0) is 15.2. The second kappa shape index (κ2) is 7.00. The molecule has 1 unspecified atom stereocenters. The molecule has 0 spiro atoms. The van der Waals surface area contributed by atoms with E-state index in [1.54, 1.807) is 24.7 Å². The molecule has 22 heavy (non-hydrogen) atoms. The Labute approximate surface area is 128 Å². The van der Waals surface area contributed by atoms with Crippen molar-refractivity contribution in [3.63, 3.8) is 0 Å². The molecule has 2 N–H and O–H groups in total. The van der Waals surface area contributed by atoms with Gasteiger partial charge in [-0.25, -0.2) is 4.98 Å². The number of anilines is 2. The number of ether oxygens (including phenoxy) is 1. The Morgan fingerprint density at radius 2 is 2.14 bits per heavy atom. The first-order chi connectivity index (χ1) is 10.8. The van der Waals surface area contributed by atoms with Crippen molar-refractivity contribution in [1.29, 1.82) is 0 Å². The van der Waals surface area contributed by atoms with Gasteiger partial charge in [-0.05, 0) is 42.7 Å². The average molecular weight is 298 g/mol. The molecule has 0 saturated carbocycles. The molecule has 1 aliphatic rings. The van der Waals surface area contributed by atoms with Crippen LogP contribution in [0.25, 0.3) is 0 Å². The lowest BCUT2D eigenvalue weighted by atomic mass is 10.2. The van der Waals surface area contributed by atoms with Crippen LogP contribution in [0.5, 0.6) is 0 Å². The zero-order valence-electron chi connectivity index (χ0n) is 12.2. The van der Waals surface area contributed by atoms with E-state index >= 15 is 0 Å². The molecule has 2 aromatic heterocycles. The predicted molar refractivity (Wildman–Crippen MR) is 83.4 cm³/mol. The fraction of sp³-hybridized carbons (Fsp3) is 0.312. The van der Waals surface area contributed by atoms with Crippen LogP contribution in [0.1, 0.15) is 18.4 Å². The second-order valence-electron chi connectivity index (χ2n) is 5.13. The molecule has 2 aromatic rings. The number of hydrogen-bond donors (Lipinski definition) is 2. The first kappa shape index (κ1) is 14.5. The molecule has 0 radical (unpaired) electrons. The van der Waals surface area contributed by atoms with Crippen LogP contribution in [-0.2, 0) is 16.1 Å². The number of nitrogens with one attached hydrogen (secondary N) is 2. The van der Waals surface area contributed by atoms with Crippen molar-refractivity contribution in [3.05, 3.63) is 48.4 Å². The summed E-state index contributed by atoms with van der Waals surface area (Å²) in [4.78, 5) is 20.1. The number of amides is 1. The maximum Gasteiger partial charge on any atom is 0.254 e. The van der Waals surface area contributed by atoms with Crippen LogP contribution >= 0.6 is 0 Å². The van der Waals surface area contributed by atoms with E-state index in [1.807, 2.05) is 18.2 Å². The number of hydrogen-bond acceptors (Lipinski definition) is 5. The summed E-state index contributed by atoms with van der Waals surface area (Å²) >= 11 is 0. The lowest BCUT2D eigenvalue weighted by molar-refractivity contribution is -0.124. The van der Waals surface area contributed by atoms with Crippen LogP contribution in [0.2, 0.25) is 0 Å². The normalized spacial score (nSPS) is 17.2. The highest BCUT2D eigenvalue weighted by Gasteiger charge is 2.23. The third-order valence-corrected chi connectivity index (χ3v) is 3.48. The van der Waals surface area contributed by atoms with E-state index in [0.29, 0.717) is 19.0 Å². The number of pyridine rings is 2. The van der Waals surface area contributed by atoms with E-state index in [0.717, 1.165) is 24.1 Å². The van der Waals surface area contributed by atoms with Crippen LogP contribution in [0, 0.1) is 0 Å². The van der Waals surface area contributed by atoms with E-state index in [4.69, 9.17) is 4.74 Å². The smallest absolute Gasteiger partial charge is 0.254 e. The van der Waals surface area contributed by atoms with Gasteiger partial charge in [-0.2, -0.15) is 0 Å². The maximum atomic E-state index is 11.9. The molecule has 1 amide bonds. The molecular formula is C16H18N4O2. The number of aromatic nitrogens is 2. The number of carbonyl (C=O) groups is 1. The van der Waals surface area contributed by atoms with E-state index in [9.17, 15) is 4.79 Å². The fourth-order valence-corrected chi connectivity index (χ4v) is 2.27. The minimum Gasteiger partial charge on any atom is -0.380 e. The van der Waals surface area contributed by atoms with Crippen molar-refractivity contribution in [3.8, 4) is 0 Å². The highest BCUT2D eigenvalue weighted by Crippen LogP contribution is 2.15. The summed E-state index contributed by atoms with van der Waals surface area (Å²) in [5, 5.41) is 6.04. The topological polar surface area (TPSA) is 76.1 Å². The molecule has 1 atom stereocenters. The first-order valence-corrected chi connectivity index (χ1v) is 7.32. The van der Waals surface area contributed by atoms with Gasteiger partial charge in [0.05, 0.1) is 11.9 Å². The lowest BCUT2D eigenvalue weighted by Gasteiger charge is -2.10. The molecule has 114 valence electrons. The number of nitrogens with zero attached hydrogens (tertiary/aromatic N) is 2. The summed E-state index contributed by atoms with van der Waals surface area (Å²) in [6.45, 7) is 1.36. The molecule has 1 saturated heterocycles. The van der Waals surface area contributed by atoms with Gasteiger partial charge in [-0.1, -0.05) is 0 Å². The van der Waals surface area contributed by atoms with Crippen LogP contribution in [0.15, 0.2) is 42.9 Å². The van der Waals surface area contributed by atoms with Crippen molar-refractivity contribution >= 4 is 17.4 Å². The third kappa shape index (κ3) is 3.79. The lowest BCUT2D eigenvalue weighted by Crippen LogP contribution is -2.27. The number of rotatable bonds is 5. The molecule has 0 bridgehead atoms. The fourth-order valence-electron chi connectivity index (χ4n) is 2.27. The summed E-state index contributed by atoms with van der Waals surface area (Å²) in [6, 6.07) is 7.58. The van der Waals surface area contributed by atoms with Gasteiger partial charge in [-0.15, -0.1) is 0 Å². The molecule has 3 rings (SSSR count). The van der Waals surface area contributed by atoms with Crippen molar-refractivity contribution in [1.82, 2.24) is 9.97 Å². The Hall–Kier alpha value is -2.47. The van der Waals surface area contributed by atoms with Gasteiger partial charge in [0.15, 0.2) is 0 Å². The minimum absolute atomic E-state index is 0.123. The van der Waals surface area contributed by atoms with Gasteiger partial charge >= 0.3 is 0 Å². The Balaban J connectivity index is 1.52. The van der Waals surface area contributed by atoms with Gasteiger partial charge in [-0.3, -0.25) is 9.78 Å². The Bertz CT molecular complexity index is 610. The van der Waals surface area contributed by atoms with Crippen molar-refractivity contribution in [2.24, 2.45) is 0 Å². The van der Waals surface area contributed by atoms with E-state index in [1.165, 1.54) is 0 Å². The summed E-state index contributed by atoms with van der Waals surface area (Å²) in [5.41, 5.74) is 2.04. The van der Waals surface area contributed by atoms with Gasteiger partial charge in [0.1, 0.15) is 11.9 Å². The summed E-state index contributed by atoms with van der Waals surface area (Å²) in [7, 11) is 0. The van der Waals surface area contributed by atoms with Crippen molar-refractivity contribution < 1.29 is 9.53 Å². The highest BCUT2D eigenvalue weighted by molar-refractivity contribution is 5.93. The summed E-state index contributed by atoms with van der Waals surface area (Å²) in [6.07, 6.45) is 6.59. The summed E-state index contributed by atoms with van der Waals surface area (Å²) < 4.78 is 5.34. The molecule has 1 fully saturated rings. The largest absolute Gasteiger partial charge is 0.380 e. The summed E-state index contributed by atoms with van der Waals surface area (Å²) in [5.74, 6) is 0.414. The van der Waals surface area contributed by atoms with Crippen molar-refractivity contribution in [2.75, 3.05) is 17.2 Å². The standard InChI is InChI=1S/C16H18N4O2/c21-16(14-2-1-9-22-14)20-15-4-3-13(11-19-15)18-10-12-5-7-17-8-6-12/h3-8,11,14,18H,1-2,9-10H2,(H,19,20,21). The van der Waals surface area contributed by atoms with Gasteiger partial charge in [0.25, 0.3) is 5.91 Å². The highest BCUT2D eigenvalue weighted by atomic mass is 16.5. The van der Waals surface area contributed by atoms with Crippen LogP contribution in [0.4, 0.5) is 11.5 Å². The molecule has 6 heteroatoms. The van der Waals surface area contributed by atoms with Crippen LogP contribution in [-0.4, -0.2) is 28.6 Å². The molecule has 0 aromatic carbocycles. The van der Waals surface area contributed by atoms with Crippen LogP contribution in [0.3, 0.4) is 0 Å². The monoisotopic (exact) mass is 298 g/mol. The Kier molecular flexibility index (Phi) is 4.60. The Morgan fingerprint density at radius 3 is 2.82 bits per heavy atom. The SMILES string of the molecule is O=C(Nc1ccc(NCc2ccncc2)cn1)C1CCCO1. The van der Waals surface area contributed by atoms with Gasteiger partial charge < -0.3 is 15.4 Å². The molecule has 6 nitrogen and oxygen atoms in total. The van der Waals surface area contributed by atoms with Crippen molar-refractivity contribution in [2.45, 2.75) is 25.5 Å². The molecule has 0 aliphatic carbocycles. The molecule has 3 heterocycles. The predicted octanol–water partition coefficient (Wildman–Crippen LogP) is 2.21. The van der Waals surface area contributed by atoms with Crippen LogP contribution < -0.4 is 10.6 Å². The first-order valence-electron chi connectivity index (χ1n) is 7.32. The third-order valence-electron chi connectivity index (χ3n) is 3.48. The molecule has 1 aliphatic heterocycles. The second-order valence-corrected chi connectivity index (χ2v) is 5.13. The maximum absolute atomic E-state index is 11.9. The quantitative estimate of drug-likeness (QED) is 0.885. The molecular weight excluding hydrogens is 280 g/mol. The average Bonchev–Trinajstić information content (AvgIpc) is 3.10. The van der Waals surface area contributed by atoms with E-state index < -0.39 is 0 Å².